The first kappa shape index (κ1) is 27.4. The Kier molecular flexibility index (Phi) is 18.0. The molecule has 0 saturated carbocycles. The third-order valence-electron chi connectivity index (χ3n) is 5.12. The molecule has 2 saturated heterocycles. The molecule has 1 amide bonds. The molecule has 0 aromatic carbocycles. The molecule has 152 valence electrons. The van der Waals surface area contributed by atoms with Crippen LogP contribution in [0.4, 0.5) is 0 Å². The molecule has 0 atom stereocenters. The van der Waals surface area contributed by atoms with E-state index in [0.717, 1.165) is 44.9 Å². The third-order valence-corrected chi connectivity index (χ3v) is 5.12. The van der Waals surface area contributed by atoms with Crippen molar-refractivity contribution in [3.05, 3.63) is 0 Å². The van der Waals surface area contributed by atoms with E-state index in [-0.39, 0.29) is 43.1 Å². The lowest BCUT2D eigenvalue weighted by atomic mass is 9.93. The zero-order valence-corrected chi connectivity index (χ0v) is 18.0. The lowest BCUT2D eigenvalue weighted by molar-refractivity contribution is -0.121. The minimum atomic E-state index is 0. The molecule has 2 heterocycles. The predicted octanol–water partition coefficient (Wildman–Crippen LogP) is 2.18. The number of carbonyl (C=O) groups is 1. The molecule has 2 fully saturated rings. The number of amides is 1. The van der Waals surface area contributed by atoms with Gasteiger partial charge in [-0.1, -0.05) is 6.92 Å². The van der Waals surface area contributed by atoms with E-state index in [0.29, 0.717) is 6.42 Å². The molecular formula is C17H37Cl3N4O. The van der Waals surface area contributed by atoms with Crippen LogP contribution in [-0.4, -0.2) is 74.6 Å². The molecule has 2 N–H and O–H groups in total. The summed E-state index contributed by atoms with van der Waals surface area (Å²) < 4.78 is 0. The molecule has 0 spiro atoms. The van der Waals surface area contributed by atoms with E-state index in [2.05, 4.69) is 27.4 Å². The van der Waals surface area contributed by atoms with Gasteiger partial charge in [0.05, 0.1) is 0 Å². The summed E-state index contributed by atoms with van der Waals surface area (Å²) in [5.41, 5.74) is 0. The fraction of sp³-hybridized carbons (Fsp3) is 0.941. The Hall–Kier alpha value is 0.220. The third kappa shape index (κ3) is 11.5. The number of likely N-dealkylation sites (N-methyl/N-ethyl adjacent to an activating group) is 1. The SMILES string of the molecule is CCN1CCN(CCCNC(=O)CCC2CCNCC2)CC1.Cl.Cl.Cl. The Morgan fingerprint density at radius 2 is 1.64 bits per heavy atom. The smallest absolute Gasteiger partial charge is 0.220 e. The summed E-state index contributed by atoms with van der Waals surface area (Å²) in [4.78, 5) is 16.9. The van der Waals surface area contributed by atoms with Crippen LogP contribution in [0.25, 0.3) is 0 Å². The topological polar surface area (TPSA) is 47.6 Å². The van der Waals surface area contributed by atoms with Crippen molar-refractivity contribution in [2.75, 3.05) is 58.9 Å². The first-order chi connectivity index (χ1) is 10.8. The molecule has 0 aromatic rings. The largest absolute Gasteiger partial charge is 0.356 e. The van der Waals surface area contributed by atoms with Crippen LogP contribution >= 0.6 is 37.2 Å². The summed E-state index contributed by atoms with van der Waals surface area (Å²) >= 11 is 0. The molecule has 0 aliphatic carbocycles. The number of halogens is 3. The molecule has 0 unspecified atom stereocenters. The van der Waals surface area contributed by atoms with Crippen molar-refractivity contribution in [2.45, 2.75) is 39.0 Å². The maximum Gasteiger partial charge on any atom is 0.220 e. The number of rotatable bonds is 8. The van der Waals surface area contributed by atoms with Gasteiger partial charge in [0.15, 0.2) is 0 Å². The second-order valence-electron chi connectivity index (χ2n) is 6.71. The van der Waals surface area contributed by atoms with Crippen molar-refractivity contribution in [3.8, 4) is 0 Å². The van der Waals surface area contributed by atoms with E-state index in [1.165, 1.54) is 45.6 Å². The molecule has 2 rings (SSSR count). The van der Waals surface area contributed by atoms with Crippen LogP contribution in [0.2, 0.25) is 0 Å². The van der Waals surface area contributed by atoms with E-state index in [4.69, 9.17) is 0 Å². The average Bonchev–Trinajstić information content (AvgIpc) is 2.58. The summed E-state index contributed by atoms with van der Waals surface area (Å²) in [6.45, 7) is 12.3. The number of hydrogen-bond donors (Lipinski definition) is 2. The zero-order chi connectivity index (χ0) is 15.6. The van der Waals surface area contributed by atoms with E-state index in [1.54, 1.807) is 0 Å². The van der Waals surface area contributed by atoms with Crippen molar-refractivity contribution in [2.24, 2.45) is 5.92 Å². The monoisotopic (exact) mass is 418 g/mol. The van der Waals surface area contributed by atoms with Gasteiger partial charge in [0.1, 0.15) is 0 Å². The van der Waals surface area contributed by atoms with Crippen LogP contribution < -0.4 is 10.6 Å². The predicted molar refractivity (Wildman–Crippen MR) is 113 cm³/mol. The molecule has 0 bridgehead atoms. The van der Waals surface area contributed by atoms with Crippen LogP contribution in [0.3, 0.4) is 0 Å². The molecule has 0 radical (unpaired) electrons. The lowest BCUT2D eigenvalue weighted by Gasteiger charge is -2.33. The van der Waals surface area contributed by atoms with Gasteiger partial charge in [0.2, 0.25) is 5.91 Å². The molecule has 8 heteroatoms. The molecule has 2 aliphatic rings. The number of nitrogens with zero attached hydrogens (tertiary/aromatic N) is 2. The van der Waals surface area contributed by atoms with Gasteiger partial charge in [-0.15, -0.1) is 37.2 Å². The quantitative estimate of drug-likeness (QED) is 0.592. The van der Waals surface area contributed by atoms with Crippen LogP contribution in [-0.2, 0) is 4.79 Å². The normalized spacial score (nSPS) is 19.2. The Labute approximate surface area is 172 Å². The number of hydrogen-bond acceptors (Lipinski definition) is 4. The fourth-order valence-corrected chi connectivity index (χ4v) is 3.45. The van der Waals surface area contributed by atoms with E-state index >= 15 is 0 Å². The Morgan fingerprint density at radius 3 is 2.24 bits per heavy atom. The maximum absolute atomic E-state index is 11.9. The van der Waals surface area contributed by atoms with Crippen molar-refractivity contribution < 1.29 is 4.79 Å². The van der Waals surface area contributed by atoms with Gasteiger partial charge in [0.25, 0.3) is 0 Å². The second-order valence-corrected chi connectivity index (χ2v) is 6.71. The average molecular weight is 420 g/mol. The molecule has 25 heavy (non-hydrogen) atoms. The Morgan fingerprint density at radius 1 is 1.04 bits per heavy atom. The highest BCUT2D eigenvalue weighted by Gasteiger charge is 2.16. The van der Waals surface area contributed by atoms with E-state index in [1.807, 2.05) is 0 Å². The van der Waals surface area contributed by atoms with Gasteiger partial charge in [0, 0.05) is 39.1 Å². The van der Waals surface area contributed by atoms with Gasteiger partial charge >= 0.3 is 0 Å². The highest BCUT2D eigenvalue weighted by Crippen LogP contribution is 2.17. The molecule has 5 nitrogen and oxygen atoms in total. The second kappa shape index (κ2) is 16.4. The van der Waals surface area contributed by atoms with Crippen LogP contribution in [0.15, 0.2) is 0 Å². The fourth-order valence-electron chi connectivity index (χ4n) is 3.45. The summed E-state index contributed by atoms with van der Waals surface area (Å²) in [7, 11) is 0. The van der Waals surface area contributed by atoms with E-state index in [9.17, 15) is 4.79 Å². The zero-order valence-electron chi connectivity index (χ0n) is 15.5. The van der Waals surface area contributed by atoms with Crippen molar-refractivity contribution in [1.82, 2.24) is 20.4 Å². The number of piperidine rings is 1. The summed E-state index contributed by atoms with van der Waals surface area (Å²) in [5, 5.41) is 6.46. The van der Waals surface area contributed by atoms with Crippen LogP contribution in [0, 0.1) is 5.92 Å². The summed E-state index contributed by atoms with van der Waals surface area (Å²) in [5.74, 6) is 0.996. The number of piperazine rings is 1. The first-order valence-corrected chi connectivity index (χ1v) is 9.20. The lowest BCUT2D eigenvalue weighted by Crippen LogP contribution is -2.46. The van der Waals surface area contributed by atoms with Gasteiger partial charge < -0.3 is 20.4 Å². The van der Waals surface area contributed by atoms with E-state index < -0.39 is 0 Å². The first-order valence-electron chi connectivity index (χ1n) is 9.20. The minimum absolute atomic E-state index is 0. The van der Waals surface area contributed by atoms with Crippen LogP contribution in [0.1, 0.15) is 39.0 Å². The van der Waals surface area contributed by atoms with Gasteiger partial charge in [-0.3, -0.25) is 4.79 Å². The Bertz CT molecular complexity index is 323. The maximum atomic E-state index is 11.9. The highest BCUT2D eigenvalue weighted by molar-refractivity contribution is 5.86. The number of carbonyl (C=O) groups excluding carboxylic acids is 1. The highest BCUT2D eigenvalue weighted by atomic mass is 35.5. The van der Waals surface area contributed by atoms with Gasteiger partial charge in [-0.05, 0) is 57.8 Å². The summed E-state index contributed by atoms with van der Waals surface area (Å²) in [6, 6.07) is 0. The van der Waals surface area contributed by atoms with Gasteiger partial charge in [-0.25, -0.2) is 0 Å². The van der Waals surface area contributed by atoms with Crippen LogP contribution in [0.5, 0.6) is 0 Å². The minimum Gasteiger partial charge on any atom is -0.356 e. The number of nitrogens with one attached hydrogen (secondary N) is 2. The Balaban J connectivity index is 0. The van der Waals surface area contributed by atoms with Crippen molar-refractivity contribution in [3.63, 3.8) is 0 Å². The summed E-state index contributed by atoms with van der Waals surface area (Å²) in [6.07, 6.45) is 5.31. The molecule has 0 aromatic heterocycles. The standard InChI is InChI=1S/C17H34N4O.3ClH/c1-2-20-12-14-21(15-13-20)11-3-8-19-17(22)5-4-16-6-9-18-10-7-16;;;/h16,18H,2-15H2,1H3,(H,19,22);3*1H. The van der Waals surface area contributed by atoms with Gasteiger partial charge in [-0.2, -0.15) is 0 Å². The molecular weight excluding hydrogens is 383 g/mol. The molecule has 2 aliphatic heterocycles. The van der Waals surface area contributed by atoms with Crippen molar-refractivity contribution >= 4 is 43.1 Å². The van der Waals surface area contributed by atoms with Crippen molar-refractivity contribution in [1.29, 1.82) is 0 Å².